The van der Waals surface area contributed by atoms with Gasteiger partial charge in [-0.2, -0.15) is 5.26 Å². The lowest BCUT2D eigenvalue weighted by molar-refractivity contribution is 0.506. The largest absolute Gasteiger partial charge is 0.397 e. The maximum atomic E-state index is 14.0. The second kappa shape index (κ2) is 6.66. The van der Waals surface area contributed by atoms with E-state index in [9.17, 15) is 8.78 Å². The van der Waals surface area contributed by atoms with Gasteiger partial charge in [-0.15, -0.1) is 0 Å². The van der Waals surface area contributed by atoms with Crippen LogP contribution in [0.2, 0.25) is 0 Å². The van der Waals surface area contributed by atoms with Crippen molar-refractivity contribution in [3.8, 4) is 6.07 Å². The molecule has 0 atom stereocenters. The summed E-state index contributed by atoms with van der Waals surface area (Å²) in [4.78, 5) is 5.53. The second-order valence-corrected chi connectivity index (χ2v) is 4.49. The van der Waals surface area contributed by atoms with Crippen molar-refractivity contribution in [2.45, 2.75) is 13.0 Å². The molecule has 108 valence electrons. The number of hydrogen-bond donors (Lipinski definition) is 1. The van der Waals surface area contributed by atoms with Gasteiger partial charge in [0.2, 0.25) is 0 Å². The Bertz CT molecular complexity index is 653. The highest BCUT2D eigenvalue weighted by Gasteiger charge is 2.18. The molecular formula is C15H14F2N4. The molecule has 0 saturated carbocycles. The Hall–Kier alpha value is -2.68. The molecule has 1 aromatic heterocycles. The van der Waals surface area contributed by atoms with E-state index in [-0.39, 0.29) is 24.3 Å². The van der Waals surface area contributed by atoms with E-state index in [0.29, 0.717) is 6.54 Å². The van der Waals surface area contributed by atoms with E-state index in [2.05, 4.69) is 4.98 Å². The van der Waals surface area contributed by atoms with Crippen LogP contribution in [0.25, 0.3) is 0 Å². The SMILES string of the molecule is N#CCCN(Cc1cccnc1)c1c(N)ccc(F)c1F. The second-order valence-electron chi connectivity index (χ2n) is 4.49. The number of hydrogen-bond acceptors (Lipinski definition) is 4. The molecule has 4 nitrogen and oxygen atoms in total. The minimum atomic E-state index is -1.00. The molecule has 0 aliphatic heterocycles. The molecule has 0 aliphatic rings. The molecule has 0 amide bonds. The van der Waals surface area contributed by atoms with Gasteiger partial charge < -0.3 is 10.6 Å². The molecule has 1 aromatic carbocycles. The maximum Gasteiger partial charge on any atom is 0.184 e. The monoisotopic (exact) mass is 288 g/mol. The van der Waals surface area contributed by atoms with Crippen molar-refractivity contribution in [1.29, 1.82) is 5.26 Å². The van der Waals surface area contributed by atoms with E-state index in [0.717, 1.165) is 11.6 Å². The highest BCUT2D eigenvalue weighted by atomic mass is 19.2. The van der Waals surface area contributed by atoms with Crippen LogP contribution in [0.15, 0.2) is 36.7 Å². The van der Waals surface area contributed by atoms with Gasteiger partial charge in [-0.25, -0.2) is 8.78 Å². The van der Waals surface area contributed by atoms with Gasteiger partial charge in [0.25, 0.3) is 0 Å². The first-order valence-corrected chi connectivity index (χ1v) is 6.37. The van der Waals surface area contributed by atoms with E-state index in [1.54, 1.807) is 23.4 Å². The fraction of sp³-hybridized carbons (Fsp3) is 0.200. The average Bonchev–Trinajstić information content (AvgIpc) is 2.50. The molecule has 1 heterocycles. The Balaban J connectivity index is 2.37. The van der Waals surface area contributed by atoms with Crippen LogP contribution in [0.3, 0.4) is 0 Å². The van der Waals surface area contributed by atoms with Gasteiger partial charge in [0.15, 0.2) is 11.6 Å². The number of pyridine rings is 1. The Morgan fingerprint density at radius 1 is 1.29 bits per heavy atom. The van der Waals surface area contributed by atoms with Crippen molar-refractivity contribution in [3.05, 3.63) is 53.9 Å². The molecule has 2 N–H and O–H groups in total. The van der Waals surface area contributed by atoms with Gasteiger partial charge in [-0.05, 0) is 23.8 Å². The Labute approximate surface area is 121 Å². The first kappa shape index (κ1) is 14.7. The van der Waals surface area contributed by atoms with Gasteiger partial charge in [-0.1, -0.05) is 6.07 Å². The quantitative estimate of drug-likeness (QED) is 0.859. The summed E-state index contributed by atoms with van der Waals surface area (Å²) in [5.41, 5.74) is 6.70. The van der Waals surface area contributed by atoms with Crippen LogP contribution in [0.5, 0.6) is 0 Å². The van der Waals surface area contributed by atoms with E-state index in [1.165, 1.54) is 6.07 Å². The van der Waals surface area contributed by atoms with Gasteiger partial charge in [0.1, 0.15) is 0 Å². The number of aromatic nitrogens is 1. The van der Waals surface area contributed by atoms with Gasteiger partial charge in [0, 0.05) is 25.5 Å². The summed E-state index contributed by atoms with van der Waals surface area (Å²) in [5.74, 6) is -1.97. The molecule has 0 aliphatic carbocycles. The van der Waals surface area contributed by atoms with Crippen LogP contribution >= 0.6 is 0 Å². The molecule has 0 saturated heterocycles. The summed E-state index contributed by atoms with van der Waals surface area (Å²) in [5, 5.41) is 8.73. The normalized spacial score (nSPS) is 10.1. The summed E-state index contributed by atoms with van der Waals surface area (Å²) in [7, 11) is 0. The van der Waals surface area contributed by atoms with Gasteiger partial charge in [0.05, 0.1) is 23.9 Å². The first-order valence-electron chi connectivity index (χ1n) is 6.37. The number of nitrogens with zero attached hydrogens (tertiary/aromatic N) is 3. The molecule has 2 rings (SSSR count). The van der Waals surface area contributed by atoms with E-state index in [1.807, 2.05) is 12.1 Å². The molecule has 0 bridgehead atoms. The number of rotatable bonds is 5. The molecule has 0 radical (unpaired) electrons. The topological polar surface area (TPSA) is 65.9 Å². The zero-order chi connectivity index (χ0) is 15.2. The van der Waals surface area contributed by atoms with Crippen molar-refractivity contribution in [2.24, 2.45) is 0 Å². The molecule has 0 unspecified atom stereocenters. The highest BCUT2D eigenvalue weighted by molar-refractivity contribution is 5.68. The first-order chi connectivity index (χ1) is 10.1. The third-order valence-electron chi connectivity index (χ3n) is 3.01. The van der Waals surface area contributed by atoms with Crippen molar-refractivity contribution in [1.82, 2.24) is 4.98 Å². The average molecular weight is 288 g/mol. The van der Waals surface area contributed by atoms with Gasteiger partial charge >= 0.3 is 0 Å². The minimum absolute atomic E-state index is 0.0193. The third kappa shape index (κ3) is 3.45. The number of anilines is 2. The number of halogens is 2. The van der Waals surface area contributed by atoms with Gasteiger partial charge in [-0.3, -0.25) is 4.98 Å². The number of nitrogens with two attached hydrogens (primary N) is 1. The van der Waals surface area contributed by atoms with E-state index in [4.69, 9.17) is 11.0 Å². The van der Waals surface area contributed by atoms with Crippen LogP contribution in [-0.4, -0.2) is 11.5 Å². The molecule has 0 fully saturated rings. The summed E-state index contributed by atoms with van der Waals surface area (Å²) in [6, 6.07) is 7.87. The van der Waals surface area contributed by atoms with Crippen LogP contribution in [-0.2, 0) is 6.54 Å². The smallest absolute Gasteiger partial charge is 0.184 e. The summed E-state index contributed by atoms with van der Waals surface area (Å²) in [6.45, 7) is 0.538. The predicted octanol–water partition coefficient (Wildman–Crippen LogP) is 2.86. The Kier molecular flexibility index (Phi) is 4.67. The number of nitriles is 1. The van der Waals surface area contributed by atoms with Crippen molar-refractivity contribution < 1.29 is 8.78 Å². The summed E-state index contributed by atoms with van der Waals surface area (Å²) >= 11 is 0. The lowest BCUT2D eigenvalue weighted by Gasteiger charge is -2.25. The number of nitrogen functional groups attached to an aromatic ring is 1. The van der Waals surface area contributed by atoms with Crippen LogP contribution in [0, 0.1) is 23.0 Å². The maximum absolute atomic E-state index is 14.0. The Morgan fingerprint density at radius 3 is 2.76 bits per heavy atom. The van der Waals surface area contributed by atoms with Crippen LogP contribution in [0.1, 0.15) is 12.0 Å². The Morgan fingerprint density at radius 2 is 2.10 bits per heavy atom. The van der Waals surface area contributed by atoms with Crippen LogP contribution < -0.4 is 10.6 Å². The molecule has 21 heavy (non-hydrogen) atoms. The fourth-order valence-electron chi connectivity index (χ4n) is 2.04. The molecule has 2 aromatic rings. The van der Waals surface area contributed by atoms with Crippen molar-refractivity contribution >= 4 is 11.4 Å². The van der Waals surface area contributed by atoms with Crippen LogP contribution in [0.4, 0.5) is 20.2 Å². The fourth-order valence-corrected chi connectivity index (χ4v) is 2.04. The summed E-state index contributed by atoms with van der Waals surface area (Å²) < 4.78 is 27.5. The third-order valence-corrected chi connectivity index (χ3v) is 3.01. The zero-order valence-electron chi connectivity index (χ0n) is 11.3. The summed E-state index contributed by atoms with van der Waals surface area (Å²) in [6.07, 6.45) is 3.43. The highest BCUT2D eigenvalue weighted by Crippen LogP contribution is 2.30. The number of benzene rings is 1. The molecule has 0 spiro atoms. The molecular weight excluding hydrogens is 274 g/mol. The zero-order valence-corrected chi connectivity index (χ0v) is 11.3. The van der Waals surface area contributed by atoms with Crippen molar-refractivity contribution in [2.75, 3.05) is 17.2 Å². The standard InChI is InChI=1S/C15H14F2N4/c16-12-4-5-13(19)15(14(12)17)21(8-2-6-18)10-11-3-1-7-20-9-11/h1,3-5,7,9H,2,8,10,19H2. The minimum Gasteiger partial charge on any atom is -0.397 e. The van der Waals surface area contributed by atoms with E-state index >= 15 is 0 Å². The van der Waals surface area contributed by atoms with E-state index < -0.39 is 11.6 Å². The predicted molar refractivity (Wildman–Crippen MR) is 76.3 cm³/mol. The molecule has 6 heteroatoms. The lowest BCUT2D eigenvalue weighted by atomic mass is 10.2. The van der Waals surface area contributed by atoms with Crippen molar-refractivity contribution in [3.63, 3.8) is 0 Å². The lowest BCUT2D eigenvalue weighted by Crippen LogP contribution is -2.26.